The van der Waals surface area contributed by atoms with Crippen LogP contribution in [0.25, 0.3) is 10.9 Å². The third kappa shape index (κ3) is 5.15. The molecule has 2 atom stereocenters. The highest BCUT2D eigenvalue weighted by Gasteiger charge is 2.47. The zero-order chi connectivity index (χ0) is 32.3. The van der Waals surface area contributed by atoms with Crippen LogP contribution in [0, 0.1) is 0 Å². The smallest absolute Gasteiger partial charge is 0.311 e. The first-order valence-corrected chi connectivity index (χ1v) is 17.7. The monoisotopic (exact) mass is 647 g/mol. The Bertz CT molecular complexity index is 1840. The molecule has 3 heterocycles. The molecule has 0 bridgehead atoms. The van der Waals surface area contributed by atoms with Gasteiger partial charge >= 0.3 is 22.0 Å². The zero-order valence-corrected chi connectivity index (χ0v) is 27.4. The van der Waals surface area contributed by atoms with Crippen LogP contribution in [0.2, 0.25) is 0 Å². The lowest BCUT2D eigenvalue weighted by atomic mass is 9.81. The maximum Gasteiger partial charge on any atom is 0.311 e. The summed E-state index contributed by atoms with van der Waals surface area (Å²) < 4.78 is 36.6. The number of carbonyl (C=O) groups excluding carboxylic acids is 3. The van der Waals surface area contributed by atoms with Crippen molar-refractivity contribution in [2.45, 2.75) is 75.8 Å². The van der Waals surface area contributed by atoms with Gasteiger partial charge in [-0.05, 0) is 72.4 Å². The van der Waals surface area contributed by atoms with Gasteiger partial charge in [-0.1, -0.05) is 37.5 Å². The Kier molecular flexibility index (Phi) is 7.83. The van der Waals surface area contributed by atoms with Crippen LogP contribution < -0.4 is 14.8 Å². The minimum atomic E-state index is -4.01. The summed E-state index contributed by atoms with van der Waals surface area (Å²) >= 11 is 0. The fraction of sp³-hybridized carbons (Fsp3) is 0.500. The first-order chi connectivity index (χ1) is 22.1. The fourth-order valence-corrected chi connectivity index (χ4v) is 8.48. The predicted octanol–water partition coefficient (Wildman–Crippen LogP) is 3.39. The lowest BCUT2D eigenvalue weighted by Crippen LogP contribution is -2.48. The Labute approximate surface area is 269 Å². The summed E-state index contributed by atoms with van der Waals surface area (Å²) in [5.74, 6) is -1.05. The molecule has 2 N–H and O–H groups in total. The number of nitrogens with one attached hydrogen (secondary N) is 2. The highest BCUT2D eigenvalue weighted by Crippen LogP contribution is 2.54. The van der Waals surface area contributed by atoms with E-state index in [0.29, 0.717) is 37.5 Å². The molecule has 3 amide bonds. The number of likely N-dealkylation sites (tertiary alicyclic amines) is 1. The molecule has 12 heteroatoms. The molecule has 1 saturated carbocycles. The molecule has 1 unspecified atom stereocenters. The minimum Gasteiger partial charge on any atom is -0.496 e. The molecule has 2 aromatic rings. The standard InChI is InChI=1S/C34H41N5O6S/c1-37(2)46(43,44)36-32(40)30-24-19-39-26(18-23-27(45-3)15-14-21(31(23)39)20-10-5-4-6-11-20)29-22(28(24)30)12-9-13-25(29)35-33(41)34(42)38-16-7-8-17-38/h9,12,14-15,18,20,25,29H,4-8,10-11,13,16-17,19H2,1-3H3,(H,35,41)(H,36,40)/t25-,29?/m1/s1. The van der Waals surface area contributed by atoms with Gasteiger partial charge in [-0.2, -0.15) is 12.7 Å². The molecule has 2 fully saturated rings. The van der Waals surface area contributed by atoms with Crippen LogP contribution in [-0.4, -0.2) is 80.2 Å². The van der Waals surface area contributed by atoms with Gasteiger partial charge in [0, 0.05) is 56.8 Å². The van der Waals surface area contributed by atoms with E-state index in [-0.39, 0.29) is 5.92 Å². The number of amides is 3. The molecule has 244 valence electrons. The van der Waals surface area contributed by atoms with Crippen molar-refractivity contribution in [1.29, 1.82) is 0 Å². The van der Waals surface area contributed by atoms with Crippen LogP contribution in [0.1, 0.15) is 74.5 Å². The number of fused-ring (bicyclic) bond motifs is 6. The van der Waals surface area contributed by atoms with Crippen LogP contribution in [0.3, 0.4) is 0 Å². The summed E-state index contributed by atoms with van der Waals surface area (Å²) in [5, 5.41) is 4.04. The summed E-state index contributed by atoms with van der Waals surface area (Å²) in [7, 11) is 0.396. The number of allylic oxidation sites excluding steroid dienone is 2. The van der Waals surface area contributed by atoms with E-state index in [1.807, 2.05) is 18.2 Å². The number of hydrogen-bond donors (Lipinski definition) is 2. The van der Waals surface area contributed by atoms with E-state index in [1.165, 1.54) is 38.9 Å². The summed E-state index contributed by atoms with van der Waals surface area (Å²) in [6.45, 7) is 1.54. The Morgan fingerprint density at radius 3 is 2.46 bits per heavy atom. The second-order valence-electron chi connectivity index (χ2n) is 13.2. The fourth-order valence-electron chi connectivity index (χ4n) is 7.96. The van der Waals surface area contributed by atoms with Gasteiger partial charge in [0.25, 0.3) is 5.91 Å². The van der Waals surface area contributed by atoms with Crippen LogP contribution in [-0.2, 0) is 31.1 Å². The summed E-state index contributed by atoms with van der Waals surface area (Å²) in [5.41, 5.74) is 5.99. The van der Waals surface area contributed by atoms with Crippen molar-refractivity contribution in [1.82, 2.24) is 23.8 Å². The van der Waals surface area contributed by atoms with Gasteiger partial charge in [0.05, 0.1) is 18.2 Å². The summed E-state index contributed by atoms with van der Waals surface area (Å²) in [4.78, 5) is 41.6. The van der Waals surface area contributed by atoms with E-state index in [1.54, 1.807) is 12.0 Å². The van der Waals surface area contributed by atoms with Crippen molar-refractivity contribution in [3.8, 4) is 5.75 Å². The van der Waals surface area contributed by atoms with E-state index < -0.39 is 34.0 Å². The number of ether oxygens (including phenoxy) is 1. The average Bonchev–Trinajstić information content (AvgIpc) is 3.33. The second kappa shape index (κ2) is 11.7. The molecule has 1 aromatic carbocycles. The molecular weight excluding hydrogens is 606 g/mol. The van der Waals surface area contributed by atoms with Gasteiger partial charge < -0.3 is 19.5 Å². The van der Waals surface area contributed by atoms with Crippen molar-refractivity contribution < 1.29 is 27.5 Å². The average molecular weight is 648 g/mol. The number of aromatic nitrogens is 1. The summed E-state index contributed by atoms with van der Waals surface area (Å²) in [6, 6.07) is 5.89. The number of hydrogen-bond acceptors (Lipinski definition) is 6. The highest BCUT2D eigenvalue weighted by molar-refractivity contribution is 7.87. The molecule has 1 aromatic heterocycles. The Hall–Kier alpha value is -3.90. The van der Waals surface area contributed by atoms with Crippen molar-refractivity contribution >= 4 is 38.8 Å². The number of benzene rings is 1. The van der Waals surface area contributed by atoms with E-state index in [4.69, 9.17) is 4.74 Å². The Morgan fingerprint density at radius 1 is 1.02 bits per heavy atom. The van der Waals surface area contributed by atoms with Crippen LogP contribution in [0.4, 0.5) is 0 Å². The molecule has 0 radical (unpaired) electrons. The largest absolute Gasteiger partial charge is 0.496 e. The number of methoxy groups -OCH3 is 1. The molecule has 5 aliphatic rings. The van der Waals surface area contributed by atoms with Crippen LogP contribution >= 0.6 is 0 Å². The lowest BCUT2D eigenvalue weighted by molar-refractivity contribution is -0.145. The first-order valence-electron chi connectivity index (χ1n) is 16.3. The van der Waals surface area contributed by atoms with Crippen molar-refractivity contribution in [2.24, 2.45) is 0 Å². The first kappa shape index (κ1) is 30.7. The molecule has 2 aliphatic heterocycles. The number of rotatable bonds is 6. The van der Waals surface area contributed by atoms with Gasteiger partial charge in [-0.15, -0.1) is 0 Å². The highest BCUT2D eigenvalue weighted by atomic mass is 32.2. The van der Waals surface area contributed by atoms with E-state index in [0.717, 1.165) is 69.1 Å². The van der Waals surface area contributed by atoms with Crippen molar-refractivity contribution in [3.63, 3.8) is 0 Å². The predicted molar refractivity (Wildman–Crippen MR) is 173 cm³/mol. The van der Waals surface area contributed by atoms with Crippen molar-refractivity contribution in [3.05, 3.63) is 63.9 Å². The number of nitrogens with zero attached hydrogens (tertiary/aromatic N) is 3. The Balaban J connectivity index is 1.37. The third-order valence-electron chi connectivity index (χ3n) is 10.3. The van der Waals surface area contributed by atoms with Crippen molar-refractivity contribution in [2.75, 3.05) is 34.3 Å². The SMILES string of the molecule is COc1ccc(C2CCCCC2)c2c1cc1n2CC2=C(C(=O)NS(=O)(=O)N(C)C)C2=C2C=CC[C@@H](NC(=O)C(=O)N3CCCC3)C21. The minimum absolute atomic E-state index is 0.366. The molecule has 0 spiro atoms. The van der Waals surface area contributed by atoms with Gasteiger partial charge in [0.1, 0.15) is 5.75 Å². The molecule has 7 rings (SSSR count). The Morgan fingerprint density at radius 2 is 1.76 bits per heavy atom. The van der Waals surface area contributed by atoms with E-state index in [2.05, 4.69) is 26.7 Å². The molecule has 3 aliphatic carbocycles. The quantitative estimate of drug-likeness (QED) is 0.463. The second-order valence-corrected chi connectivity index (χ2v) is 15.1. The maximum atomic E-state index is 13.5. The molecular formula is C34H41N5O6S. The van der Waals surface area contributed by atoms with Crippen LogP contribution in [0.15, 0.2) is 52.6 Å². The van der Waals surface area contributed by atoms with Gasteiger partial charge in [-0.25, -0.2) is 4.72 Å². The zero-order valence-electron chi connectivity index (χ0n) is 26.6. The number of carbonyl (C=O) groups is 3. The third-order valence-corrected chi connectivity index (χ3v) is 11.7. The van der Waals surface area contributed by atoms with Gasteiger partial charge in [0.2, 0.25) is 0 Å². The molecule has 46 heavy (non-hydrogen) atoms. The molecule has 11 nitrogen and oxygen atoms in total. The van der Waals surface area contributed by atoms with Gasteiger partial charge in [0.15, 0.2) is 0 Å². The maximum absolute atomic E-state index is 13.5. The van der Waals surface area contributed by atoms with Crippen LogP contribution in [0.5, 0.6) is 5.75 Å². The van der Waals surface area contributed by atoms with Gasteiger partial charge in [-0.3, -0.25) is 14.4 Å². The topological polar surface area (TPSA) is 130 Å². The normalized spacial score (nSPS) is 22.8. The van der Waals surface area contributed by atoms with E-state index in [9.17, 15) is 22.8 Å². The lowest BCUT2D eigenvalue weighted by Gasteiger charge is -2.32. The molecule has 1 saturated heterocycles. The summed E-state index contributed by atoms with van der Waals surface area (Å²) in [6.07, 6.45) is 12.0. The van der Waals surface area contributed by atoms with E-state index >= 15 is 0 Å².